The fourth-order valence-electron chi connectivity index (χ4n) is 3.28. The van der Waals surface area contributed by atoms with E-state index in [9.17, 15) is 4.79 Å². The first kappa shape index (κ1) is 22.0. The van der Waals surface area contributed by atoms with Crippen LogP contribution in [0.3, 0.4) is 0 Å². The molecule has 0 saturated carbocycles. The summed E-state index contributed by atoms with van der Waals surface area (Å²) in [6.45, 7) is 4.61. The molecule has 4 aromatic rings. The van der Waals surface area contributed by atoms with Gasteiger partial charge in [0.15, 0.2) is 11.6 Å². The first-order valence-electron chi connectivity index (χ1n) is 9.96. The summed E-state index contributed by atoms with van der Waals surface area (Å²) in [6, 6.07) is 16.7. The predicted molar refractivity (Wildman–Crippen MR) is 125 cm³/mol. The third-order valence-electron chi connectivity index (χ3n) is 4.89. The van der Waals surface area contributed by atoms with Crippen LogP contribution >= 0.6 is 23.2 Å². The number of aryl methyl sites for hydroxylation is 2. The molecule has 0 aliphatic heterocycles. The maximum atomic E-state index is 12.6. The summed E-state index contributed by atoms with van der Waals surface area (Å²) in [5.74, 6) is 1.28. The molecule has 0 aliphatic rings. The number of para-hydroxylation sites is 1. The third-order valence-corrected chi connectivity index (χ3v) is 5.54. The summed E-state index contributed by atoms with van der Waals surface area (Å²) in [5, 5.41) is 7.97. The highest BCUT2D eigenvalue weighted by atomic mass is 35.5. The van der Waals surface area contributed by atoms with E-state index < -0.39 is 5.91 Å². The van der Waals surface area contributed by atoms with Crippen molar-refractivity contribution in [3.63, 3.8) is 0 Å². The largest absolute Gasteiger partial charge is 0.485 e. The van der Waals surface area contributed by atoms with Gasteiger partial charge in [-0.3, -0.25) is 9.48 Å². The van der Waals surface area contributed by atoms with Crippen LogP contribution < -0.4 is 10.1 Å². The third kappa shape index (κ3) is 4.98. The molecule has 1 N–H and O–H groups in total. The molecule has 0 unspecified atom stereocenters. The number of ether oxygens (including phenoxy) is 1. The fraction of sp³-hybridized carbons (Fsp3) is 0.167. The van der Waals surface area contributed by atoms with Crippen molar-refractivity contribution in [1.82, 2.24) is 9.78 Å². The number of nitrogens with one attached hydrogen (secondary N) is 1. The van der Waals surface area contributed by atoms with Crippen LogP contribution in [0.4, 0.5) is 5.82 Å². The van der Waals surface area contributed by atoms with Gasteiger partial charge >= 0.3 is 0 Å². The van der Waals surface area contributed by atoms with Gasteiger partial charge in [-0.1, -0.05) is 59.6 Å². The standard InChI is InChI=1S/C24H21Cl2N3O3/c1-15-6-5-7-16(2)22(15)31-14-18-10-11-21(32-18)24(30)27-23-20(26)13-29(28-23)12-17-8-3-4-9-19(17)25/h3-11,13H,12,14H2,1-2H3,(H,27,28,30). The van der Waals surface area contributed by atoms with Gasteiger partial charge in [0.25, 0.3) is 5.91 Å². The highest BCUT2D eigenvalue weighted by molar-refractivity contribution is 6.33. The Labute approximate surface area is 195 Å². The lowest BCUT2D eigenvalue weighted by molar-refractivity contribution is 0.0992. The molecule has 0 saturated heterocycles. The number of anilines is 1. The van der Waals surface area contributed by atoms with E-state index in [-0.39, 0.29) is 18.2 Å². The fourth-order valence-corrected chi connectivity index (χ4v) is 3.67. The van der Waals surface area contributed by atoms with Crippen LogP contribution in [0, 0.1) is 13.8 Å². The minimum absolute atomic E-state index is 0.141. The van der Waals surface area contributed by atoms with Crippen molar-refractivity contribution < 1.29 is 13.9 Å². The summed E-state index contributed by atoms with van der Waals surface area (Å²) in [4.78, 5) is 12.6. The second kappa shape index (κ2) is 9.51. The highest BCUT2D eigenvalue weighted by Crippen LogP contribution is 2.25. The summed E-state index contributed by atoms with van der Waals surface area (Å²) in [5.41, 5.74) is 2.97. The second-order valence-electron chi connectivity index (χ2n) is 7.34. The van der Waals surface area contributed by atoms with E-state index in [1.54, 1.807) is 23.0 Å². The molecule has 164 valence electrons. The summed E-state index contributed by atoms with van der Waals surface area (Å²) < 4.78 is 13.1. The van der Waals surface area contributed by atoms with Crippen molar-refractivity contribution in [3.05, 3.63) is 99.1 Å². The molecule has 8 heteroatoms. The average Bonchev–Trinajstić information content (AvgIpc) is 3.36. The van der Waals surface area contributed by atoms with Crippen LogP contribution in [-0.4, -0.2) is 15.7 Å². The molecule has 1 amide bonds. The Morgan fingerprint density at radius 1 is 1.03 bits per heavy atom. The topological polar surface area (TPSA) is 69.3 Å². The van der Waals surface area contributed by atoms with Gasteiger partial charge in [-0.25, -0.2) is 0 Å². The summed E-state index contributed by atoms with van der Waals surface area (Å²) in [6.07, 6.45) is 1.63. The molecule has 2 heterocycles. The number of amides is 1. The van der Waals surface area contributed by atoms with Crippen molar-refractivity contribution in [2.45, 2.75) is 27.0 Å². The Balaban J connectivity index is 1.40. The maximum Gasteiger partial charge on any atom is 0.292 e. The molecule has 2 aromatic carbocycles. The minimum atomic E-state index is -0.451. The number of hydrogen-bond acceptors (Lipinski definition) is 4. The number of nitrogens with zero attached hydrogens (tertiary/aromatic N) is 2. The normalized spacial score (nSPS) is 10.9. The van der Waals surface area contributed by atoms with E-state index in [0.29, 0.717) is 22.4 Å². The molecule has 32 heavy (non-hydrogen) atoms. The lowest BCUT2D eigenvalue weighted by Crippen LogP contribution is -2.12. The summed E-state index contributed by atoms with van der Waals surface area (Å²) in [7, 11) is 0. The van der Waals surface area contributed by atoms with Gasteiger partial charge in [0.2, 0.25) is 0 Å². The van der Waals surface area contributed by atoms with Gasteiger partial charge < -0.3 is 14.5 Å². The second-order valence-corrected chi connectivity index (χ2v) is 8.16. The zero-order chi connectivity index (χ0) is 22.7. The van der Waals surface area contributed by atoms with Crippen LogP contribution in [0.5, 0.6) is 5.75 Å². The lowest BCUT2D eigenvalue weighted by atomic mass is 10.1. The van der Waals surface area contributed by atoms with Crippen LogP contribution in [0.15, 0.2) is 65.2 Å². The zero-order valence-electron chi connectivity index (χ0n) is 17.6. The first-order valence-corrected chi connectivity index (χ1v) is 10.7. The molecule has 4 rings (SSSR count). The minimum Gasteiger partial charge on any atom is -0.485 e. The monoisotopic (exact) mass is 469 g/mol. The van der Waals surface area contributed by atoms with Crippen molar-refractivity contribution in [1.29, 1.82) is 0 Å². The Bertz CT molecular complexity index is 1240. The molecule has 0 aliphatic carbocycles. The number of rotatable bonds is 7. The molecule has 6 nitrogen and oxygen atoms in total. The molecule has 0 fully saturated rings. The number of carbonyl (C=O) groups excluding carboxylic acids is 1. The Hall–Kier alpha value is -3.22. The number of furan rings is 1. The smallest absolute Gasteiger partial charge is 0.292 e. The maximum absolute atomic E-state index is 12.6. The molecule has 2 aromatic heterocycles. The number of carbonyl (C=O) groups is 1. The van der Waals surface area contributed by atoms with Gasteiger partial charge in [-0.2, -0.15) is 5.10 Å². The van der Waals surface area contributed by atoms with E-state index in [2.05, 4.69) is 10.4 Å². The SMILES string of the molecule is Cc1cccc(C)c1OCc1ccc(C(=O)Nc2nn(Cc3ccccc3Cl)cc2Cl)o1. The molecular formula is C24H21Cl2N3O3. The molecule has 0 spiro atoms. The van der Waals surface area contributed by atoms with Crippen molar-refractivity contribution in [3.8, 4) is 5.75 Å². The Kier molecular flexibility index (Phi) is 6.53. The summed E-state index contributed by atoms with van der Waals surface area (Å²) >= 11 is 12.5. The molecule has 0 atom stereocenters. The van der Waals surface area contributed by atoms with Gasteiger partial charge in [0, 0.05) is 11.2 Å². The highest BCUT2D eigenvalue weighted by Gasteiger charge is 2.16. The number of hydrogen-bond donors (Lipinski definition) is 1. The first-order chi connectivity index (χ1) is 15.4. The van der Waals surface area contributed by atoms with Gasteiger partial charge in [0.1, 0.15) is 23.1 Å². The predicted octanol–water partition coefficient (Wildman–Crippen LogP) is 6.28. The van der Waals surface area contributed by atoms with Crippen LogP contribution in [-0.2, 0) is 13.2 Å². The van der Waals surface area contributed by atoms with Crippen LogP contribution in [0.1, 0.15) is 33.0 Å². The Morgan fingerprint density at radius 2 is 1.78 bits per heavy atom. The average molecular weight is 470 g/mol. The van der Waals surface area contributed by atoms with E-state index >= 15 is 0 Å². The zero-order valence-corrected chi connectivity index (χ0v) is 19.1. The van der Waals surface area contributed by atoms with E-state index in [1.807, 2.05) is 56.3 Å². The number of benzene rings is 2. The number of aromatic nitrogens is 2. The lowest BCUT2D eigenvalue weighted by Gasteiger charge is -2.10. The van der Waals surface area contributed by atoms with Crippen molar-refractivity contribution in [2.75, 3.05) is 5.32 Å². The van der Waals surface area contributed by atoms with Gasteiger partial charge in [-0.05, 0) is 48.7 Å². The number of halogens is 2. The Morgan fingerprint density at radius 3 is 2.53 bits per heavy atom. The van der Waals surface area contributed by atoms with E-state index in [0.717, 1.165) is 22.4 Å². The molecule has 0 bridgehead atoms. The molecule has 0 radical (unpaired) electrons. The van der Waals surface area contributed by atoms with Crippen LogP contribution in [0.2, 0.25) is 10.0 Å². The van der Waals surface area contributed by atoms with E-state index in [4.69, 9.17) is 32.4 Å². The molecular weight excluding hydrogens is 449 g/mol. The van der Waals surface area contributed by atoms with Crippen LogP contribution in [0.25, 0.3) is 0 Å². The van der Waals surface area contributed by atoms with E-state index in [1.165, 1.54) is 0 Å². The van der Waals surface area contributed by atoms with Crippen molar-refractivity contribution >= 4 is 34.9 Å². The quantitative estimate of drug-likeness (QED) is 0.345. The van der Waals surface area contributed by atoms with Gasteiger partial charge in [-0.15, -0.1) is 0 Å². The van der Waals surface area contributed by atoms with Gasteiger partial charge in [0.05, 0.1) is 6.54 Å². The van der Waals surface area contributed by atoms with Crippen molar-refractivity contribution in [2.24, 2.45) is 0 Å².